The molecule has 4 atom stereocenters. The molecule has 2 fully saturated rings. The van der Waals surface area contributed by atoms with Crippen LogP contribution in [-0.4, -0.2) is 60.0 Å². The van der Waals surface area contributed by atoms with Crippen molar-refractivity contribution < 1.29 is 28.9 Å². The highest BCUT2D eigenvalue weighted by Gasteiger charge is 2.51. The molecule has 2 aliphatic heterocycles. The van der Waals surface area contributed by atoms with Gasteiger partial charge in [-0.15, -0.1) is 0 Å². The Kier molecular flexibility index (Phi) is 5.41. The molecule has 0 spiro atoms. The minimum absolute atomic E-state index is 0.160. The predicted octanol–water partition coefficient (Wildman–Crippen LogP) is 1.25. The smallest absolute Gasteiger partial charge is 0.337 e. The van der Waals surface area contributed by atoms with Crippen LogP contribution in [0.15, 0.2) is 30.3 Å². The molecule has 0 amide bonds. The second-order valence-electron chi connectivity index (χ2n) is 6.80. The molecule has 1 aromatic rings. The van der Waals surface area contributed by atoms with Crippen LogP contribution < -0.4 is 0 Å². The Morgan fingerprint density at radius 1 is 1.32 bits per heavy atom. The van der Waals surface area contributed by atoms with Crippen LogP contribution in [0.4, 0.5) is 0 Å². The van der Waals surface area contributed by atoms with E-state index in [1.807, 2.05) is 44.2 Å². The summed E-state index contributed by atoms with van der Waals surface area (Å²) < 4.78 is 16.6. The highest BCUT2D eigenvalue weighted by molar-refractivity contribution is 5.74. The van der Waals surface area contributed by atoms with Crippen molar-refractivity contribution in [3.63, 3.8) is 0 Å². The Morgan fingerprint density at radius 2 is 2.04 bits per heavy atom. The number of methoxy groups -OCH3 is 1. The molecule has 1 N–H and O–H groups in total. The van der Waals surface area contributed by atoms with Crippen molar-refractivity contribution in [3.05, 3.63) is 35.9 Å². The highest BCUT2D eigenvalue weighted by atomic mass is 16.8. The number of aliphatic hydroxyl groups excluding tert-OH is 1. The maximum Gasteiger partial charge on any atom is 0.337 e. The van der Waals surface area contributed by atoms with Gasteiger partial charge in [-0.05, 0) is 19.4 Å². The number of hydroxylamine groups is 2. The quantitative estimate of drug-likeness (QED) is 0.800. The van der Waals surface area contributed by atoms with Crippen LogP contribution in [0.25, 0.3) is 0 Å². The fraction of sp³-hybridized carbons (Fsp3) is 0.611. The van der Waals surface area contributed by atoms with E-state index >= 15 is 0 Å². The Hall–Kier alpha value is -1.51. The number of benzene rings is 1. The average Bonchev–Trinajstić information content (AvgIpc) is 3.15. The molecule has 2 aliphatic rings. The van der Waals surface area contributed by atoms with Crippen LogP contribution in [-0.2, 0) is 30.4 Å². The Balaban J connectivity index is 1.81. The molecular weight excluding hydrogens is 326 g/mol. The second-order valence-corrected chi connectivity index (χ2v) is 6.80. The van der Waals surface area contributed by atoms with E-state index in [2.05, 4.69) is 0 Å². The zero-order chi connectivity index (χ0) is 18.0. The van der Waals surface area contributed by atoms with Crippen LogP contribution in [0, 0.1) is 0 Å². The average molecular weight is 351 g/mol. The van der Waals surface area contributed by atoms with Gasteiger partial charge in [-0.3, -0.25) is 4.84 Å². The van der Waals surface area contributed by atoms with Gasteiger partial charge < -0.3 is 19.3 Å². The number of hydrogen-bond acceptors (Lipinski definition) is 7. The summed E-state index contributed by atoms with van der Waals surface area (Å²) in [6.07, 6.45) is -1.15. The van der Waals surface area contributed by atoms with Crippen molar-refractivity contribution in [2.45, 2.75) is 57.0 Å². The van der Waals surface area contributed by atoms with E-state index in [0.717, 1.165) is 5.56 Å². The van der Waals surface area contributed by atoms with Crippen molar-refractivity contribution in [1.82, 2.24) is 5.06 Å². The minimum atomic E-state index is -0.792. The third kappa shape index (κ3) is 4.02. The maximum absolute atomic E-state index is 12.0. The van der Waals surface area contributed by atoms with E-state index in [4.69, 9.17) is 19.0 Å². The van der Waals surface area contributed by atoms with Gasteiger partial charge in [-0.25, -0.2) is 4.79 Å². The molecule has 0 unspecified atom stereocenters. The Labute approximate surface area is 147 Å². The minimum Gasteiger partial charge on any atom is -0.467 e. The predicted molar refractivity (Wildman–Crippen MR) is 88.2 cm³/mol. The van der Waals surface area contributed by atoms with E-state index in [9.17, 15) is 9.90 Å². The largest absolute Gasteiger partial charge is 0.467 e. The summed E-state index contributed by atoms with van der Waals surface area (Å²) in [4.78, 5) is 17.8. The third-order valence-electron chi connectivity index (χ3n) is 4.51. The SMILES string of the molecule is COC(=O)[C@H]1C[C@H]([C@H]2OC(C)(C)O[C@H]2CO)N(Cc2ccccc2)O1. The number of carbonyl (C=O) groups excluding carboxylic acids is 1. The number of hydrogen-bond donors (Lipinski definition) is 1. The lowest BCUT2D eigenvalue weighted by atomic mass is 10.00. The molecule has 3 rings (SSSR count). The van der Waals surface area contributed by atoms with E-state index in [1.54, 1.807) is 5.06 Å². The molecule has 138 valence electrons. The summed E-state index contributed by atoms with van der Waals surface area (Å²) in [7, 11) is 1.34. The van der Waals surface area contributed by atoms with Crippen LogP contribution in [0.2, 0.25) is 0 Å². The van der Waals surface area contributed by atoms with E-state index < -0.39 is 30.1 Å². The molecule has 2 saturated heterocycles. The monoisotopic (exact) mass is 351 g/mol. The first-order valence-electron chi connectivity index (χ1n) is 8.45. The van der Waals surface area contributed by atoms with Gasteiger partial charge in [0.2, 0.25) is 0 Å². The number of esters is 1. The molecular formula is C18H25NO6. The van der Waals surface area contributed by atoms with Crippen molar-refractivity contribution in [2.75, 3.05) is 13.7 Å². The topological polar surface area (TPSA) is 77.5 Å². The molecule has 0 bridgehead atoms. The maximum atomic E-state index is 12.0. The van der Waals surface area contributed by atoms with Crippen LogP contribution in [0.5, 0.6) is 0 Å². The van der Waals surface area contributed by atoms with Crippen LogP contribution in [0.3, 0.4) is 0 Å². The molecule has 25 heavy (non-hydrogen) atoms. The summed E-state index contributed by atoms with van der Waals surface area (Å²) in [5.41, 5.74) is 1.05. The summed E-state index contributed by atoms with van der Waals surface area (Å²) in [5.74, 6) is -1.21. The van der Waals surface area contributed by atoms with Gasteiger partial charge in [0, 0.05) is 13.0 Å². The van der Waals surface area contributed by atoms with Gasteiger partial charge in [0.15, 0.2) is 11.9 Å². The molecule has 7 heteroatoms. The van der Waals surface area contributed by atoms with Gasteiger partial charge in [0.05, 0.1) is 19.8 Å². The number of ether oxygens (including phenoxy) is 3. The summed E-state index contributed by atoms with van der Waals surface area (Å²) in [5, 5.41) is 11.4. The number of aliphatic hydroxyl groups is 1. The first-order valence-corrected chi connectivity index (χ1v) is 8.45. The summed E-state index contributed by atoms with van der Waals surface area (Å²) in [6.45, 7) is 3.96. The molecule has 0 aliphatic carbocycles. The lowest BCUT2D eigenvalue weighted by Gasteiger charge is -2.28. The summed E-state index contributed by atoms with van der Waals surface area (Å²) in [6, 6.07) is 9.60. The highest BCUT2D eigenvalue weighted by Crippen LogP contribution is 2.37. The number of carbonyl (C=O) groups is 1. The van der Waals surface area contributed by atoms with Crippen molar-refractivity contribution >= 4 is 5.97 Å². The Bertz CT molecular complexity index is 592. The zero-order valence-electron chi connectivity index (χ0n) is 14.8. The Morgan fingerprint density at radius 3 is 2.68 bits per heavy atom. The molecule has 1 aromatic carbocycles. The van der Waals surface area contributed by atoms with Crippen molar-refractivity contribution in [3.8, 4) is 0 Å². The van der Waals surface area contributed by atoms with Crippen molar-refractivity contribution in [1.29, 1.82) is 0 Å². The normalized spacial score (nSPS) is 32.0. The van der Waals surface area contributed by atoms with Crippen LogP contribution in [0.1, 0.15) is 25.8 Å². The molecule has 0 saturated carbocycles. The number of rotatable bonds is 5. The fourth-order valence-corrected chi connectivity index (χ4v) is 3.44. The fourth-order valence-electron chi connectivity index (χ4n) is 3.44. The molecule has 7 nitrogen and oxygen atoms in total. The van der Waals surface area contributed by atoms with E-state index in [-0.39, 0.29) is 12.6 Å². The van der Waals surface area contributed by atoms with Gasteiger partial charge in [0.25, 0.3) is 0 Å². The van der Waals surface area contributed by atoms with Crippen molar-refractivity contribution in [2.24, 2.45) is 0 Å². The molecule has 0 aromatic heterocycles. The van der Waals surface area contributed by atoms with Gasteiger partial charge in [-0.2, -0.15) is 5.06 Å². The zero-order valence-corrected chi connectivity index (χ0v) is 14.8. The molecule has 2 heterocycles. The lowest BCUT2D eigenvalue weighted by molar-refractivity contribution is -0.205. The standard InChI is InChI=1S/C18H25NO6/c1-18(2)23-15(11-20)16(24-18)13-9-14(17(21)22-3)25-19(13)10-12-7-5-4-6-8-12/h4-8,13-16,20H,9-11H2,1-3H3/t13-,14-,15+,16-/m1/s1. The van der Waals surface area contributed by atoms with Gasteiger partial charge >= 0.3 is 5.97 Å². The van der Waals surface area contributed by atoms with Gasteiger partial charge in [-0.1, -0.05) is 30.3 Å². The van der Waals surface area contributed by atoms with Gasteiger partial charge in [0.1, 0.15) is 12.2 Å². The van der Waals surface area contributed by atoms with E-state index in [1.165, 1.54) is 7.11 Å². The van der Waals surface area contributed by atoms with Crippen LogP contribution >= 0.6 is 0 Å². The lowest BCUT2D eigenvalue weighted by Crippen LogP contribution is -2.44. The summed E-state index contributed by atoms with van der Waals surface area (Å²) >= 11 is 0. The number of nitrogens with zero attached hydrogens (tertiary/aromatic N) is 1. The first kappa shape index (κ1) is 18.3. The van der Waals surface area contributed by atoms with E-state index in [0.29, 0.717) is 13.0 Å². The second kappa shape index (κ2) is 7.39. The first-order chi connectivity index (χ1) is 11.9. The molecule has 0 radical (unpaired) electrons. The third-order valence-corrected chi connectivity index (χ3v) is 4.51.